The summed E-state index contributed by atoms with van der Waals surface area (Å²) in [4.78, 5) is 0. The van der Waals surface area contributed by atoms with Gasteiger partial charge in [-0.25, -0.2) is 0 Å². The number of nitrogens with zero attached hydrogens (tertiary/aromatic N) is 2. The van der Waals surface area contributed by atoms with Gasteiger partial charge in [0.15, 0.2) is 0 Å². The van der Waals surface area contributed by atoms with E-state index in [0.717, 1.165) is 16.3 Å². The molecule has 0 saturated heterocycles. The van der Waals surface area contributed by atoms with Crippen LogP contribution in [0.25, 0.3) is 0 Å². The van der Waals surface area contributed by atoms with Gasteiger partial charge in [0, 0.05) is 23.7 Å². The number of aromatic nitrogens is 2. The summed E-state index contributed by atoms with van der Waals surface area (Å²) in [5.74, 6) is 1.34. The number of hydrogen-bond acceptors (Lipinski definition) is 5. The fourth-order valence-electron chi connectivity index (χ4n) is 1.29. The Balaban J connectivity index is 1.93. The summed E-state index contributed by atoms with van der Waals surface area (Å²) < 4.78 is 5.40. The van der Waals surface area contributed by atoms with Gasteiger partial charge in [0.2, 0.25) is 5.89 Å². The van der Waals surface area contributed by atoms with E-state index in [-0.39, 0.29) is 0 Å². The number of halogens is 1. The number of nitrogens with two attached hydrogens (primary N) is 1. The third-order valence-electron chi connectivity index (χ3n) is 2.06. The molecule has 2 rings (SSSR count). The lowest BCUT2D eigenvalue weighted by Gasteiger charge is -1.98. The van der Waals surface area contributed by atoms with Crippen molar-refractivity contribution in [3.05, 3.63) is 40.7 Å². The van der Waals surface area contributed by atoms with Crippen LogP contribution in [0.1, 0.15) is 11.5 Å². The zero-order chi connectivity index (χ0) is 12.1. The number of hydrogen-bond donors (Lipinski definition) is 1. The Morgan fingerprint density at radius 3 is 3.00 bits per heavy atom. The minimum Gasteiger partial charge on any atom is -0.416 e. The van der Waals surface area contributed by atoms with E-state index in [9.17, 15) is 0 Å². The summed E-state index contributed by atoms with van der Waals surface area (Å²) >= 11 is 7.39. The summed E-state index contributed by atoms with van der Waals surface area (Å²) in [7, 11) is 0. The van der Waals surface area contributed by atoms with Crippen LogP contribution in [-0.4, -0.2) is 16.7 Å². The van der Waals surface area contributed by atoms with E-state index in [2.05, 4.69) is 10.2 Å². The summed E-state index contributed by atoms with van der Waals surface area (Å²) in [5, 5.41) is 9.12. The lowest BCUT2D eigenvalue weighted by Crippen LogP contribution is -2.02. The Morgan fingerprint density at radius 2 is 2.24 bits per heavy atom. The SMILES string of the molecule is NCCc1nnc(SCc2cccc(Cl)c2)o1. The highest BCUT2D eigenvalue weighted by atomic mass is 35.5. The molecular formula is C11H12ClN3OS. The van der Waals surface area contributed by atoms with Gasteiger partial charge in [-0.05, 0) is 17.7 Å². The van der Waals surface area contributed by atoms with Crippen LogP contribution in [0.5, 0.6) is 0 Å². The molecule has 0 spiro atoms. The van der Waals surface area contributed by atoms with Crippen molar-refractivity contribution in [2.24, 2.45) is 5.73 Å². The molecule has 2 aromatic rings. The van der Waals surface area contributed by atoms with Gasteiger partial charge < -0.3 is 10.2 Å². The smallest absolute Gasteiger partial charge is 0.276 e. The highest BCUT2D eigenvalue weighted by Gasteiger charge is 2.06. The van der Waals surface area contributed by atoms with Crippen LogP contribution in [0.15, 0.2) is 33.9 Å². The number of rotatable bonds is 5. The first-order valence-corrected chi connectivity index (χ1v) is 6.54. The van der Waals surface area contributed by atoms with E-state index in [0.29, 0.717) is 24.1 Å². The van der Waals surface area contributed by atoms with Crippen molar-refractivity contribution in [2.75, 3.05) is 6.54 Å². The summed E-state index contributed by atoms with van der Waals surface area (Å²) in [6.07, 6.45) is 0.616. The molecule has 0 radical (unpaired) electrons. The quantitative estimate of drug-likeness (QED) is 0.845. The zero-order valence-corrected chi connectivity index (χ0v) is 10.7. The topological polar surface area (TPSA) is 64.9 Å². The lowest BCUT2D eigenvalue weighted by atomic mass is 10.2. The monoisotopic (exact) mass is 269 g/mol. The van der Waals surface area contributed by atoms with E-state index in [4.69, 9.17) is 21.8 Å². The standard InChI is InChI=1S/C11H12ClN3OS/c12-9-3-1-2-8(6-9)7-17-11-15-14-10(16-11)4-5-13/h1-3,6H,4-5,7,13H2. The molecule has 2 N–H and O–H groups in total. The van der Waals surface area contributed by atoms with Gasteiger partial charge in [-0.2, -0.15) is 0 Å². The molecular weight excluding hydrogens is 258 g/mol. The first-order valence-electron chi connectivity index (χ1n) is 5.17. The molecule has 0 atom stereocenters. The van der Waals surface area contributed by atoms with Crippen LogP contribution < -0.4 is 5.73 Å². The molecule has 0 aliphatic carbocycles. The Bertz CT molecular complexity index is 489. The van der Waals surface area contributed by atoms with Crippen molar-refractivity contribution >= 4 is 23.4 Å². The summed E-state index contributed by atoms with van der Waals surface area (Å²) in [6, 6.07) is 7.70. The Hall–Kier alpha value is -1.04. The van der Waals surface area contributed by atoms with Crippen molar-refractivity contribution in [3.63, 3.8) is 0 Å². The lowest BCUT2D eigenvalue weighted by molar-refractivity contribution is 0.414. The van der Waals surface area contributed by atoms with Gasteiger partial charge in [0.25, 0.3) is 5.22 Å². The van der Waals surface area contributed by atoms with Gasteiger partial charge in [-0.1, -0.05) is 35.5 Å². The normalized spacial score (nSPS) is 10.7. The van der Waals surface area contributed by atoms with Crippen LogP contribution in [0, 0.1) is 0 Å². The van der Waals surface area contributed by atoms with Gasteiger partial charge in [0.05, 0.1) is 0 Å². The van der Waals surface area contributed by atoms with Crippen LogP contribution in [0.2, 0.25) is 5.02 Å². The fourth-order valence-corrected chi connectivity index (χ4v) is 2.23. The first kappa shape index (κ1) is 12.4. The van der Waals surface area contributed by atoms with Gasteiger partial charge in [0.1, 0.15) is 0 Å². The Kier molecular flexibility index (Phi) is 4.42. The third kappa shape index (κ3) is 3.73. The van der Waals surface area contributed by atoms with Crippen molar-refractivity contribution in [1.82, 2.24) is 10.2 Å². The molecule has 1 aromatic carbocycles. The van der Waals surface area contributed by atoms with E-state index in [1.807, 2.05) is 24.3 Å². The minimum atomic E-state index is 0.514. The second-order valence-corrected chi connectivity index (χ2v) is 4.78. The molecule has 0 saturated carbocycles. The maximum atomic E-state index is 5.90. The van der Waals surface area contributed by atoms with E-state index < -0.39 is 0 Å². The molecule has 0 amide bonds. The maximum absolute atomic E-state index is 5.90. The zero-order valence-electron chi connectivity index (χ0n) is 9.10. The van der Waals surface area contributed by atoms with Crippen LogP contribution >= 0.6 is 23.4 Å². The minimum absolute atomic E-state index is 0.514. The van der Waals surface area contributed by atoms with E-state index in [1.54, 1.807) is 0 Å². The average Bonchev–Trinajstić information content (AvgIpc) is 2.75. The second kappa shape index (κ2) is 6.05. The van der Waals surface area contributed by atoms with Crippen molar-refractivity contribution in [1.29, 1.82) is 0 Å². The molecule has 6 heteroatoms. The molecule has 1 heterocycles. The second-order valence-electron chi connectivity index (χ2n) is 3.42. The molecule has 4 nitrogen and oxygen atoms in total. The Labute approximate surface area is 109 Å². The largest absolute Gasteiger partial charge is 0.416 e. The van der Waals surface area contributed by atoms with Crippen molar-refractivity contribution in [3.8, 4) is 0 Å². The van der Waals surface area contributed by atoms with Crippen molar-refractivity contribution in [2.45, 2.75) is 17.4 Å². The average molecular weight is 270 g/mol. The van der Waals surface area contributed by atoms with Gasteiger partial charge in [-0.15, -0.1) is 10.2 Å². The fraction of sp³-hybridized carbons (Fsp3) is 0.273. The third-order valence-corrected chi connectivity index (χ3v) is 3.18. The number of thioether (sulfide) groups is 1. The summed E-state index contributed by atoms with van der Waals surface area (Å²) in [5.41, 5.74) is 6.53. The molecule has 0 fully saturated rings. The molecule has 0 bridgehead atoms. The maximum Gasteiger partial charge on any atom is 0.276 e. The molecule has 17 heavy (non-hydrogen) atoms. The van der Waals surface area contributed by atoms with Gasteiger partial charge >= 0.3 is 0 Å². The van der Waals surface area contributed by atoms with Crippen LogP contribution in [0.3, 0.4) is 0 Å². The van der Waals surface area contributed by atoms with Crippen molar-refractivity contribution < 1.29 is 4.42 Å². The van der Waals surface area contributed by atoms with Crippen LogP contribution in [-0.2, 0) is 12.2 Å². The predicted octanol–water partition coefficient (Wildman–Crippen LogP) is 2.52. The predicted molar refractivity (Wildman–Crippen MR) is 68.1 cm³/mol. The van der Waals surface area contributed by atoms with Crippen LogP contribution in [0.4, 0.5) is 0 Å². The Morgan fingerprint density at radius 1 is 1.35 bits per heavy atom. The first-order chi connectivity index (χ1) is 8.28. The van der Waals surface area contributed by atoms with E-state index >= 15 is 0 Å². The molecule has 90 valence electrons. The molecule has 0 aliphatic rings. The number of benzene rings is 1. The molecule has 0 aliphatic heterocycles. The summed E-state index contributed by atoms with van der Waals surface area (Å²) in [6.45, 7) is 0.514. The van der Waals surface area contributed by atoms with E-state index in [1.165, 1.54) is 11.8 Å². The molecule has 1 aromatic heterocycles. The highest BCUT2D eigenvalue weighted by Crippen LogP contribution is 2.22. The highest BCUT2D eigenvalue weighted by molar-refractivity contribution is 7.98. The van der Waals surface area contributed by atoms with Gasteiger partial charge in [-0.3, -0.25) is 0 Å². The molecule has 0 unspecified atom stereocenters.